The molecular weight excluding hydrogens is 413 g/mol. The summed E-state index contributed by atoms with van der Waals surface area (Å²) in [5, 5.41) is 12.0. The molecule has 0 bridgehead atoms. The first-order valence-electron chi connectivity index (χ1n) is 8.94. The summed E-state index contributed by atoms with van der Waals surface area (Å²) in [6, 6.07) is 15.3. The highest BCUT2D eigenvalue weighted by molar-refractivity contribution is 6.11. The number of halogens is 3. The Balaban J connectivity index is 1.72. The number of fused-ring (bicyclic) bond motifs is 1. The average molecular weight is 426 g/mol. The number of rotatable bonds is 4. The molecule has 6 nitrogen and oxygen atoms in total. The molecule has 0 aliphatic heterocycles. The molecule has 0 spiro atoms. The number of carboxylic acids is 1. The number of benzene rings is 2. The molecule has 31 heavy (non-hydrogen) atoms. The van der Waals surface area contributed by atoms with Gasteiger partial charge in [0.25, 0.3) is 5.91 Å². The maximum atomic E-state index is 13.0. The van der Waals surface area contributed by atoms with Gasteiger partial charge in [0.2, 0.25) is 11.6 Å². The minimum Gasteiger partial charge on any atom is -0.475 e. The summed E-state index contributed by atoms with van der Waals surface area (Å²) < 4.78 is 44.2. The van der Waals surface area contributed by atoms with Crippen molar-refractivity contribution in [2.75, 3.05) is 5.32 Å². The molecule has 0 fully saturated rings. The molecule has 0 atom stereocenters. The van der Waals surface area contributed by atoms with E-state index in [0.29, 0.717) is 5.39 Å². The number of nitrogens with zero attached hydrogens (tertiary/aromatic N) is 1. The second kappa shape index (κ2) is 7.60. The number of carbonyl (C=O) groups is 2. The second-order valence-electron chi connectivity index (χ2n) is 6.58. The highest BCUT2D eigenvalue weighted by Gasteiger charge is 2.30. The Morgan fingerprint density at radius 1 is 0.968 bits per heavy atom. The molecule has 2 heterocycles. The van der Waals surface area contributed by atoms with E-state index in [-0.39, 0.29) is 34.0 Å². The van der Waals surface area contributed by atoms with Crippen molar-refractivity contribution in [1.29, 1.82) is 0 Å². The van der Waals surface area contributed by atoms with E-state index in [1.807, 2.05) is 0 Å². The van der Waals surface area contributed by atoms with E-state index in [4.69, 9.17) is 9.52 Å². The van der Waals surface area contributed by atoms with Crippen LogP contribution in [0.25, 0.3) is 22.2 Å². The van der Waals surface area contributed by atoms with E-state index >= 15 is 0 Å². The van der Waals surface area contributed by atoms with Gasteiger partial charge in [0.05, 0.1) is 22.3 Å². The molecule has 2 aromatic carbocycles. The van der Waals surface area contributed by atoms with Crippen molar-refractivity contribution in [1.82, 2.24) is 4.98 Å². The van der Waals surface area contributed by atoms with Crippen LogP contribution in [-0.4, -0.2) is 22.0 Å². The number of carbonyl (C=O) groups excluding carboxylic acids is 1. The number of furan rings is 1. The number of amides is 1. The number of para-hydroxylation sites is 1. The zero-order chi connectivity index (χ0) is 22.2. The van der Waals surface area contributed by atoms with Crippen LogP contribution in [0.4, 0.5) is 19.1 Å². The van der Waals surface area contributed by atoms with Crippen LogP contribution in [0.1, 0.15) is 26.5 Å². The largest absolute Gasteiger partial charge is 0.475 e. The maximum Gasteiger partial charge on any atom is 0.416 e. The Kier molecular flexibility index (Phi) is 4.94. The monoisotopic (exact) mass is 426 g/mol. The van der Waals surface area contributed by atoms with E-state index in [2.05, 4.69) is 10.3 Å². The van der Waals surface area contributed by atoms with Crippen molar-refractivity contribution in [2.45, 2.75) is 6.18 Å². The molecule has 0 saturated heterocycles. The van der Waals surface area contributed by atoms with Crippen LogP contribution in [0.5, 0.6) is 0 Å². The number of hydrogen-bond donors (Lipinski definition) is 2. The number of aromatic carboxylic acids is 1. The zero-order valence-corrected chi connectivity index (χ0v) is 15.6. The standard InChI is InChI=1S/C22H13F3N2O4/c23-22(24,25)14-5-1-4-13(11-14)16-8-7-12-3-2-6-15(19(12)26-16)20(28)27-18-10-9-17(31-18)21(29)30/h1-11H,(H,27,28)(H,29,30). The third-order valence-corrected chi connectivity index (χ3v) is 4.50. The molecule has 0 radical (unpaired) electrons. The molecule has 156 valence electrons. The Bertz CT molecular complexity index is 1310. The van der Waals surface area contributed by atoms with E-state index in [1.54, 1.807) is 24.3 Å². The van der Waals surface area contributed by atoms with Gasteiger partial charge in [0, 0.05) is 17.0 Å². The number of hydrogen-bond acceptors (Lipinski definition) is 4. The van der Waals surface area contributed by atoms with Gasteiger partial charge in [-0.2, -0.15) is 13.2 Å². The highest BCUT2D eigenvalue weighted by Crippen LogP contribution is 2.32. The van der Waals surface area contributed by atoms with E-state index in [0.717, 1.165) is 12.1 Å². The quantitative estimate of drug-likeness (QED) is 0.452. The molecule has 0 aliphatic carbocycles. The fourth-order valence-corrected chi connectivity index (χ4v) is 3.05. The van der Waals surface area contributed by atoms with Crippen molar-refractivity contribution in [3.63, 3.8) is 0 Å². The number of aromatic nitrogens is 1. The van der Waals surface area contributed by atoms with Gasteiger partial charge in [-0.25, -0.2) is 9.78 Å². The summed E-state index contributed by atoms with van der Waals surface area (Å²) in [5.74, 6) is -2.28. The number of pyridine rings is 1. The first-order chi connectivity index (χ1) is 14.7. The molecular formula is C22H13F3N2O4. The van der Waals surface area contributed by atoms with Crippen LogP contribution in [0.3, 0.4) is 0 Å². The fourth-order valence-electron chi connectivity index (χ4n) is 3.05. The topological polar surface area (TPSA) is 92.4 Å². The molecule has 2 N–H and O–H groups in total. The lowest BCUT2D eigenvalue weighted by Gasteiger charge is -2.10. The van der Waals surface area contributed by atoms with Gasteiger partial charge < -0.3 is 9.52 Å². The van der Waals surface area contributed by atoms with E-state index in [9.17, 15) is 22.8 Å². The highest BCUT2D eigenvalue weighted by atomic mass is 19.4. The normalized spacial score (nSPS) is 11.5. The van der Waals surface area contributed by atoms with Gasteiger partial charge in [-0.15, -0.1) is 0 Å². The predicted octanol–water partition coefficient (Wildman–Crippen LogP) is 5.46. The number of alkyl halides is 3. The van der Waals surface area contributed by atoms with Gasteiger partial charge in [0.15, 0.2) is 0 Å². The van der Waals surface area contributed by atoms with Gasteiger partial charge >= 0.3 is 12.1 Å². The fraction of sp³-hybridized carbons (Fsp3) is 0.0455. The van der Waals surface area contributed by atoms with E-state index < -0.39 is 23.6 Å². The molecule has 0 unspecified atom stereocenters. The maximum absolute atomic E-state index is 13.0. The van der Waals surface area contributed by atoms with Crippen LogP contribution in [0.15, 0.2) is 71.1 Å². The van der Waals surface area contributed by atoms with Crippen LogP contribution < -0.4 is 5.32 Å². The minimum absolute atomic E-state index is 0.0616. The molecule has 1 amide bonds. The average Bonchev–Trinajstić information content (AvgIpc) is 3.21. The molecule has 0 aliphatic rings. The summed E-state index contributed by atoms with van der Waals surface area (Å²) >= 11 is 0. The van der Waals surface area contributed by atoms with E-state index in [1.165, 1.54) is 30.3 Å². The minimum atomic E-state index is -4.49. The van der Waals surface area contributed by atoms with Crippen LogP contribution in [0.2, 0.25) is 0 Å². The molecule has 4 aromatic rings. The Hall–Kier alpha value is -4.14. The van der Waals surface area contributed by atoms with Gasteiger partial charge in [-0.3, -0.25) is 10.1 Å². The lowest BCUT2D eigenvalue weighted by molar-refractivity contribution is -0.137. The second-order valence-corrected chi connectivity index (χ2v) is 6.58. The smallest absolute Gasteiger partial charge is 0.416 e. The first kappa shape index (κ1) is 20.1. The molecule has 0 saturated carbocycles. The number of anilines is 1. The van der Waals surface area contributed by atoms with Crippen molar-refractivity contribution in [3.05, 3.63) is 83.6 Å². The Morgan fingerprint density at radius 2 is 1.74 bits per heavy atom. The molecule has 9 heteroatoms. The SMILES string of the molecule is O=C(O)c1ccc(NC(=O)c2cccc3ccc(-c4cccc(C(F)(F)F)c4)nc23)o1. The van der Waals surface area contributed by atoms with Gasteiger partial charge in [-0.05, 0) is 30.3 Å². The molecule has 4 rings (SSSR count). The van der Waals surface area contributed by atoms with Crippen molar-refractivity contribution in [2.24, 2.45) is 0 Å². The van der Waals surface area contributed by atoms with Crippen LogP contribution in [0, 0.1) is 0 Å². The zero-order valence-electron chi connectivity index (χ0n) is 15.6. The van der Waals surface area contributed by atoms with Crippen LogP contribution in [-0.2, 0) is 6.18 Å². The summed E-state index contributed by atoms with van der Waals surface area (Å²) in [6.45, 7) is 0. The Labute approximate surface area is 172 Å². The van der Waals surface area contributed by atoms with Crippen molar-refractivity contribution >= 4 is 28.7 Å². The first-order valence-corrected chi connectivity index (χ1v) is 8.94. The predicted molar refractivity (Wildman–Crippen MR) is 106 cm³/mol. The number of carboxylic acid groups (broad SMARTS) is 1. The van der Waals surface area contributed by atoms with Gasteiger partial charge in [0.1, 0.15) is 0 Å². The molecule has 2 aromatic heterocycles. The number of nitrogens with one attached hydrogen (secondary N) is 1. The lowest BCUT2D eigenvalue weighted by Crippen LogP contribution is -2.12. The Morgan fingerprint density at radius 3 is 2.45 bits per heavy atom. The van der Waals surface area contributed by atoms with Gasteiger partial charge in [-0.1, -0.05) is 30.3 Å². The summed E-state index contributed by atoms with van der Waals surface area (Å²) in [4.78, 5) is 28.1. The summed E-state index contributed by atoms with van der Waals surface area (Å²) in [6.07, 6.45) is -4.49. The lowest BCUT2D eigenvalue weighted by atomic mass is 10.0. The van der Waals surface area contributed by atoms with Crippen molar-refractivity contribution in [3.8, 4) is 11.3 Å². The summed E-state index contributed by atoms with van der Waals surface area (Å²) in [5.41, 5.74) is 0.151. The third kappa shape index (κ3) is 4.11. The van der Waals surface area contributed by atoms with Crippen LogP contribution >= 0.6 is 0 Å². The third-order valence-electron chi connectivity index (χ3n) is 4.50. The van der Waals surface area contributed by atoms with Crippen molar-refractivity contribution < 1.29 is 32.3 Å². The summed E-state index contributed by atoms with van der Waals surface area (Å²) in [7, 11) is 0.